The lowest BCUT2D eigenvalue weighted by Crippen LogP contribution is -2.29. The third-order valence-electron chi connectivity index (χ3n) is 5.39. The van der Waals surface area contributed by atoms with Crippen LogP contribution in [-0.2, 0) is 6.54 Å². The van der Waals surface area contributed by atoms with Gasteiger partial charge in [-0.1, -0.05) is 41.4 Å². The zero-order valence-electron chi connectivity index (χ0n) is 16.8. The fourth-order valence-corrected chi connectivity index (χ4v) is 4.60. The van der Waals surface area contributed by atoms with Crippen molar-refractivity contribution in [1.29, 1.82) is 0 Å². The van der Waals surface area contributed by atoms with Gasteiger partial charge in [-0.25, -0.2) is 0 Å². The Bertz CT molecular complexity index is 1250. The minimum atomic E-state index is -0.217. The fourth-order valence-electron chi connectivity index (χ4n) is 3.90. The Balaban J connectivity index is 1.56. The lowest BCUT2D eigenvalue weighted by molar-refractivity contribution is 0.267. The maximum atomic E-state index is 6.43. The highest BCUT2D eigenvalue weighted by molar-refractivity contribution is 7.80. The number of hydrogen-bond acceptors (Lipinski definition) is 4. The van der Waals surface area contributed by atoms with E-state index in [9.17, 15) is 0 Å². The summed E-state index contributed by atoms with van der Waals surface area (Å²) in [5, 5.41) is 4.98. The van der Waals surface area contributed by atoms with Gasteiger partial charge >= 0.3 is 0 Å². The Labute approximate surface area is 201 Å². The largest absolute Gasteiger partial charge is 0.459 e. The molecule has 1 N–H and O–H groups in total. The van der Waals surface area contributed by atoms with Gasteiger partial charge in [0.05, 0.1) is 34.0 Å². The molecular weight excluding hydrogens is 463 g/mol. The number of furan rings is 1. The summed E-state index contributed by atoms with van der Waals surface area (Å²) in [5.74, 6) is 1.39. The first-order chi connectivity index (χ1) is 15.6. The molecular formula is C24H18Cl2N4OS. The summed E-state index contributed by atoms with van der Waals surface area (Å²) in [6, 6.07) is 20.6. The molecule has 1 aliphatic rings. The zero-order chi connectivity index (χ0) is 22.1. The van der Waals surface area contributed by atoms with Crippen LogP contribution in [0.3, 0.4) is 0 Å². The van der Waals surface area contributed by atoms with E-state index >= 15 is 0 Å². The Morgan fingerprint density at radius 2 is 1.75 bits per heavy atom. The van der Waals surface area contributed by atoms with Gasteiger partial charge in [0.25, 0.3) is 0 Å². The Kier molecular flexibility index (Phi) is 5.83. The van der Waals surface area contributed by atoms with Crippen LogP contribution in [0, 0.1) is 0 Å². The van der Waals surface area contributed by atoms with Gasteiger partial charge in [-0.3, -0.25) is 9.97 Å². The van der Waals surface area contributed by atoms with Crippen molar-refractivity contribution >= 4 is 40.5 Å². The molecule has 1 aromatic carbocycles. The lowest BCUT2D eigenvalue weighted by Gasteiger charge is -2.25. The van der Waals surface area contributed by atoms with Crippen LogP contribution in [0.2, 0.25) is 10.0 Å². The normalized spacial score (nSPS) is 18.1. The van der Waals surface area contributed by atoms with Crippen LogP contribution in [0.15, 0.2) is 83.5 Å². The van der Waals surface area contributed by atoms with Gasteiger partial charge in [-0.2, -0.15) is 0 Å². The minimum Gasteiger partial charge on any atom is -0.459 e. The van der Waals surface area contributed by atoms with E-state index in [4.69, 9.17) is 39.8 Å². The number of rotatable bonds is 5. The van der Waals surface area contributed by atoms with Crippen molar-refractivity contribution in [1.82, 2.24) is 20.2 Å². The van der Waals surface area contributed by atoms with Crippen molar-refractivity contribution < 1.29 is 4.42 Å². The quantitative estimate of drug-likeness (QED) is 0.342. The summed E-state index contributed by atoms with van der Waals surface area (Å²) in [5.41, 5.74) is 2.53. The second-order valence-corrected chi connectivity index (χ2v) is 8.55. The Morgan fingerprint density at radius 3 is 2.50 bits per heavy atom. The first kappa shape index (κ1) is 20.9. The predicted octanol–water partition coefficient (Wildman–Crippen LogP) is 6.22. The average Bonchev–Trinajstić information content (AvgIpc) is 3.42. The molecule has 1 aliphatic heterocycles. The first-order valence-electron chi connectivity index (χ1n) is 10.0. The van der Waals surface area contributed by atoms with E-state index in [1.165, 1.54) is 0 Å². The molecule has 3 aromatic heterocycles. The Hall–Kier alpha value is -2.93. The predicted molar refractivity (Wildman–Crippen MR) is 129 cm³/mol. The number of benzene rings is 1. The maximum Gasteiger partial charge on any atom is 0.170 e. The molecule has 2 atom stereocenters. The molecule has 0 bridgehead atoms. The van der Waals surface area contributed by atoms with E-state index in [2.05, 4.69) is 20.2 Å². The van der Waals surface area contributed by atoms with Gasteiger partial charge in [0, 0.05) is 18.0 Å². The molecule has 4 aromatic rings. The molecule has 0 spiro atoms. The summed E-state index contributed by atoms with van der Waals surface area (Å²) >= 11 is 18.3. The molecule has 1 saturated heterocycles. The third kappa shape index (κ3) is 3.97. The van der Waals surface area contributed by atoms with Crippen molar-refractivity contribution in [3.8, 4) is 11.3 Å². The topological polar surface area (TPSA) is 54.2 Å². The zero-order valence-corrected chi connectivity index (χ0v) is 19.1. The second-order valence-electron chi connectivity index (χ2n) is 7.38. The van der Waals surface area contributed by atoms with Crippen molar-refractivity contribution in [2.45, 2.75) is 18.6 Å². The van der Waals surface area contributed by atoms with Crippen LogP contribution in [0.25, 0.3) is 11.3 Å². The monoisotopic (exact) mass is 480 g/mol. The maximum absolute atomic E-state index is 6.43. The van der Waals surface area contributed by atoms with Crippen molar-refractivity contribution in [2.75, 3.05) is 0 Å². The molecule has 5 nitrogen and oxygen atoms in total. The standard InChI is InChI=1S/C24H18Cl2N4OS/c25-17-8-5-7-16(21(17)26)19-10-11-20(31-19)23-22(18-9-2-4-13-28-18)29-24(32)30(23)14-15-6-1-3-12-27-15/h1-13,22-23H,14H2,(H,29,32)/t22-,23-/m0/s1. The van der Waals surface area contributed by atoms with Crippen LogP contribution in [0.5, 0.6) is 0 Å². The Morgan fingerprint density at radius 1 is 0.938 bits per heavy atom. The first-order valence-corrected chi connectivity index (χ1v) is 11.2. The van der Waals surface area contributed by atoms with E-state index in [1.807, 2.05) is 60.7 Å². The smallest absolute Gasteiger partial charge is 0.170 e. The van der Waals surface area contributed by atoms with Crippen molar-refractivity contribution in [3.63, 3.8) is 0 Å². The van der Waals surface area contributed by atoms with Crippen LogP contribution in [-0.4, -0.2) is 20.0 Å². The number of halogens is 2. The molecule has 4 heterocycles. The number of hydrogen-bond donors (Lipinski definition) is 1. The van der Waals surface area contributed by atoms with Crippen molar-refractivity contribution in [2.24, 2.45) is 0 Å². The molecule has 32 heavy (non-hydrogen) atoms. The highest BCUT2D eigenvalue weighted by Gasteiger charge is 2.41. The number of nitrogens with zero attached hydrogens (tertiary/aromatic N) is 3. The summed E-state index contributed by atoms with van der Waals surface area (Å²) in [7, 11) is 0. The van der Waals surface area contributed by atoms with Gasteiger partial charge in [0.2, 0.25) is 0 Å². The summed E-state index contributed by atoms with van der Waals surface area (Å²) in [4.78, 5) is 11.1. The average molecular weight is 481 g/mol. The van der Waals surface area contributed by atoms with Crippen LogP contribution in [0.1, 0.15) is 29.2 Å². The number of aromatic nitrogens is 2. The SMILES string of the molecule is S=C1N[C@@H](c2ccccn2)[C@H](c2ccc(-c3cccc(Cl)c3Cl)o2)N1Cc1ccccn1. The third-order valence-corrected chi connectivity index (χ3v) is 6.56. The molecule has 1 fully saturated rings. The van der Waals surface area contributed by atoms with E-state index in [0.29, 0.717) is 27.5 Å². The molecule has 0 radical (unpaired) electrons. The van der Waals surface area contributed by atoms with Crippen LogP contribution in [0.4, 0.5) is 0 Å². The number of thiocarbonyl (C=S) groups is 1. The summed E-state index contributed by atoms with van der Waals surface area (Å²) in [6.07, 6.45) is 3.55. The molecule has 8 heteroatoms. The molecule has 160 valence electrons. The highest BCUT2D eigenvalue weighted by Crippen LogP contribution is 2.42. The molecule has 5 rings (SSSR count). The number of pyridine rings is 2. The van der Waals surface area contributed by atoms with E-state index in [0.717, 1.165) is 22.7 Å². The van der Waals surface area contributed by atoms with Gasteiger partial charge in [0.1, 0.15) is 17.6 Å². The van der Waals surface area contributed by atoms with Crippen LogP contribution >= 0.6 is 35.4 Å². The van der Waals surface area contributed by atoms with Gasteiger partial charge in [-0.15, -0.1) is 0 Å². The van der Waals surface area contributed by atoms with Crippen LogP contribution < -0.4 is 5.32 Å². The highest BCUT2D eigenvalue weighted by atomic mass is 35.5. The van der Waals surface area contributed by atoms with Gasteiger partial charge in [0.15, 0.2) is 5.11 Å². The summed E-state index contributed by atoms with van der Waals surface area (Å²) < 4.78 is 6.32. The van der Waals surface area contributed by atoms with Gasteiger partial charge < -0.3 is 14.6 Å². The van der Waals surface area contributed by atoms with E-state index in [1.54, 1.807) is 18.5 Å². The fraction of sp³-hybridized carbons (Fsp3) is 0.125. The summed E-state index contributed by atoms with van der Waals surface area (Å²) in [6.45, 7) is 0.536. The molecule has 0 aliphatic carbocycles. The van der Waals surface area contributed by atoms with Crippen molar-refractivity contribution in [3.05, 3.63) is 106 Å². The van der Waals surface area contributed by atoms with Gasteiger partial charge in [-0.05, 0) is 60.7 Å². The molecule has 0 unspecified atom stereocenters. The minimum absolute atomic E-state index is 0.179. The van der Waals surface area contributed by atoms with E-state index in [-0.39, 0.29) is 12.1 Å². The second kappa shape index (κ2) is 8.90. The lowest BCUT2D eigenvalue weighted by atomic mass is 10.0. The van der Waals surface area contributed by atoms with E-state index < -0.39 is 0 Å². The number of nitrogens with one attached hydrogen (secondary N) is 1. The molecule has 0 saturated carbocycles. The molecule has 0 amide bonds.